The van der Waals surface area contributed by atoms with Gasteiger partial charge in [-0.25, -0.2) is 0 Å². The van der Waals surface area contributed by atoms with E-state index in [0.29, 0.717) is 36.6 Å². The molecule has 5 heteroatoms. The second kappa shape index (κ2) is 7.60. The van der Waals surface area contributed by atoms with Gasteiger partial charge in [0.05, 0.1) is 0 Å². The van der Waals surface area contributed by atoms with Gasteiger partial charge < -0.3 is 15.0 Å². The van der Waals surface area contributed by atoms with Crippen LogP contribution in [0.25, 0.3) is 0 Å². The summed E-state index contributed by atoms with van der Waals surface area (Å²) in [6, 6.07) is 0.0675. The van der Waals surface area contributed by atoms with Crippen LogP contribution in [0.15, 0.2) is 4.52 Å². The van der Waals surface area contributed by atoms with E-state index in [9.17, 15) is 0 Å². The molecule has 0 fully saturated rings. The van der Waals surface area contributed by atoms with Crippen molar-refractivity contribution < 1.29 is 9.26 Å². The molecule has 2 N–H and O–H groups in total. The molecule has 2 atom stereocenters. The molecule has 1 aromatic heterocycles. The highest BCUT2D eigenvalue weighted by Gasteiger charge is 2.22. The quantitative estimate of drug-likeness (QED) is 0.785. The summed E-state index contributed by atoms with van der Waals surface area (Å²) in [6.45, 7) is 11.1. The molecule has 0 aliphatic carbocycles. The van der Waals surface area contributed by atoms with Gasteiger partial charge in [0.25, 0.3) is 0 Å². The second-order valence-corrected chi connectivity index (χ2v) is 5.76. The Morgan fingerprint density at radius 1 is 1.26 bits per heavy atom. The lowest BCUT2D eigenvalue weighted by Gasteiger charge is -2.16. The van der Waals surface area contributed by atoms with Crippen molar-refractivity contribution in [1.82, 2.24) is 10.1 Å². The summed E-state index contributed by atoms with van der Waals surface area (Å²) in [5, 5.41) is 4.02. The standard InChI is InChI=1S/C14H27N3O2/c1-6-18-13(10(4)5)14-16-12(19-17-14)8-11(15)7-9(2)3/h9-11,13H,6-8,15H2,1-5H3. The van der Waals surface area contributed by atoms with E-state index < -0.39 is 0 Å². The number of nitrogens with two attached hydrogens (primary N) is 1. The number of hydrogen-bond donors (Lipinski definition) is 1. The van der Waals surface area contributed by atoms with Crippen molar-refractivity contribution in [1.29, 1.82) is 0 Å². The van der Waals surface area contributed by atoms with Gasteiger partial charge in [0.1, 0.15) is 6.10 Å². The maximum absolute atomic E-state index is 6.05. The molecule has 2 unspecified atom stereocenters. The molecule has 1 heterocycles. The number of rotatable bonds is 8. The molecule has 0 amide bonds. The van der Waals surface area contributed by atoms with E-state index in [0.717, 1.165) is 6.42 Å². The molecular formula is C14H27N3O2. The van der Waals surface area contributed by atoms with Gasteiger partial charge in [0, 0.05) is 19.1 Å². The molecule has 0 spiro atoms. The van der Waals surface area contributed by atoms with Crippen LogP contribution in [0, 0.1) is 11.8 Å². The summed E-state index contributed by atoms with van der Waals surface area (Å²) < 4.78 is 10.9. The lowest BCUT2D eigenvalue weighted by Crippen LogP contribution is -2.24. The van der Waals surface area contributed by atoms with Gasteiger partial charge in [0.15, 0.2) is 0 Å². The first-order chi connectivity index (χ1) is 8.93. The van der Waals surface area contributed by atoms with Gasteiger partial charge in [0.2, 0.25) is 11.7 Å². The van der Waals surface area contributed by atoms with Crippen LogP contribution in [0.2, 0.25) is 0 Å². The maximum atomic E-state index is 6.05. The number of hydrogen-bond acceptors (Lipinski definition) is 5. The first-order valence-corrected chi connectivity index (χ1v) is 7.13. The maximum Gasteiger partial charge on any atom is 0.228 e. The van der Waals surface area contributed by atoms with Crippen LogP contribution in [0.3, 0.4) is 0 Å². The lowest BCUT2D eigenvalue weighted by atomic mass is 10.0. The van der Waals surface area contributed by atoms with Crippen molar-refractivity contribution >= 4 is 0 Å². The van der Waals surface area contributed by atoms with Crippen molar-refractivity contribution in [3.63, 3.8) is 0 Å². The smallest absolute Gasteiger partial charge is 0.228 e. The van der Waals surface area contributed by atoms with Gasteiger partial charge in [-0.2, -0.15) is 4.98 Å². The predicted molar refractivity (Wildman–Crippen MR) is 74.6 cm³/mol. The topological polar surface area (TPSA) is 74.2 Å². The van der Waals surface area contributed by atoms with Crippen molar-refractivity contribution in [2.75, 3.05) is 6.61 Å². The molecule has 0 aliphatic heterocycles. The minimum absolute atomic E-state index is 0.0675. The van der Waals surface area contributed by atoms with Gasteiger partial charge in [-0.3, -0.25) is 0 Å². The van der Waals surface area contributed by atoms with Gasteiger partial charge in [-0.1, -0.05) is 32.9 Å². The molecule has 0 bridgehead atoms. The molecule has 0 saturated heterocycles. The van der Waals surface area contributed by atoms with E-state index in [1.807, 2.05) is 6.92 Å². The van der Waals surface area contributed by atoms with Crippen LogP contribution < -0.4 is 5.73 Å². The first kappa shape index (κ1) is 16.1. The highest BCUT2D eigenvalue weighted by atomic mass is 16.5. The molecule has 0 saturated carbocycles. The highest BCUT2D eigenvalue weighted by molar-refractivity contribution is 4.94. The summed E-state index contributed by atoms with van der Waals surface area (Å²) in [5.41, 5.74) is 6.05. The van der Waals surface area contributed by atoms with E-state index in [1.165, 1.54) is 0 Å². The molecule has 110 valence electrons. The largest absolute Gasteiger partial charge is 0.370 e. The Labute approximate surface area is 115 Å². The zero-order chi connectivity index (χ0) is 14.4. The van der Waals surface area contributed by atoms with Crippen molar-refractivity contribution in [3.05, 3.63) is 11.7 Å². The fourth-order valence-electron chi connectivity index (χ4n) is 2.12. The molecule has 5 nitrogen and oxygen atoms in total. The highest BCUT2D eigenvalue weighted by Crippen LogP contribution is 2.23. The van der Waals surface area contributed by atoms with Crippen molar-refractivity contribution in [3.8, 4) is 0 Å². The average Bonchev–Trinajstić information content (AvgIpc) is 2.72. The molecule has 1 rings (SSSR count). The molecule has 1 aromatic rings. The van der Waals surface area contributed by atoms with Crippen LogP contribution in [-0.4, -0.2) is 22.8 Å². The Bertz CT molecular complexity index is 363. The summed E-state index contributed by atoms with van der Waals surface area (Å²) in [5.74, 6) is 2.12. The third-order valence-corrected chi connectivity index (χ3v) is 2.90. The van der Waals surface area contributed by atoms with Crippen LogP contribution in [0.4, 0.5) is 0 Å². The lowest BCUT2D eigenvalue weighted by molar-refractivity contribution is 0.0217. The normalized spacial score (nSPS) is 15.2. The van der Waals surface area contributed by atoms with Crippen LogP contribution in [-0.2, 0) is 11.2 Å². The molecule has 0 aliphatic rings. The predicted octanol–water partition coefficient (Wildman–Crippen LogP) is 2.72. The number of nitrogens with zero attached hydrogens (tertiary/aromatic N) is 2. The van der Waals surface area contributed by atoms with Crippen LogP contribution in [0.1, 0.15) is 58.9 Å². The third kappa shape index (κ3) is 5.28. The Hall–Kier alpha value is -0.940. The SMILES string of the molecule is CCOC(c1noc(CC(N)CC(C)C)n1)C(C)C. The van der Waals surface area contributed by atoms with Crippen LogP contribution >= 0.6 is 0 Å². The van der Waals surface area contributed by atoms with E-state index >= 15 is 0 Å². The Balaban J connectivity index is 2.64. The minimum Gasteiger partial charge on any atom is -0.370 e. The summed E-state index contributed by atoms with van der Waals surface area (Å²) in [6.07, 6.45) is 1.47. The van der Waals surface area contributed by atoms with E-state index in [1.54, 1.807) is 0 Å². The van der Waals surface area contributed by atoms with E-state index in [4.69, 9.17) is 15.0 Å². The monoisotopic (exact) mass is 269 g/mol. The summed E-state index contributed by atoms with van der Waals surface area (Å²) in [7, 11) is 0. The molecular weight excluding hydrogens is 242 g/mol. The Morgan fingerprint density at radius 2 is 1.95 bits per heavy atom. The Morgan fingerprint density at radius 3 is 2.47 bits per heavy atom. The second-order valence-electron chi connectivity index (χ2n) is 5.76. The van der Waals surface area contributed by atoms with Crippen molar-refractivity contribution in [2.24, 2.45) is 17.6 Å². The van der Waals surface area contributed by atoms with Gasteiger partial charge in [-0.15, -0.1) is 0 Å². The minimum atomic E-state index is -0.108. The van der Waals surface area contributed by atoms with Crippen molar-refractivity contribution in [2.45, 2.75) is 59.6 Å². The number of ether oxygens (including phenoxy) is 1. The average molecular weight is 269 g/mol. The molecule has 19 heavy (non-hydrogen) atoms. The molecule has 0 radical (unpaired) electrons. The number of aromatic nitrogens is 2. The summed E-state index contributed by atoms with van der Waals surface area (Å²) in [4.78, 5) is 4.41. The van der Waals surface area contributed by atoms with Gasteiger partial charge >= 0.3 is 0 Å². The first-order valence-electron chi connectivity index (χ1n) is 7.13. The van der Waals surface area contributed by atoms with E-state index in [2.05, 4.69) is 37.8 Å². The van der Waals surface area contributed by atoms with Crippen LogP contribution in [0.5, 0.6) is 0 Å². The fraction of sp³-hybridized carbons (Fsp3) is 0.857. The Kier molecular flexibility index (Phi) is 6.45. The zero-order valence-electron chi connectivity index (χ0n) is 12.7. The molecule has 0 aromatic carbocycles. The third-order valence-electron chi connectivity index (χ3n) is 2.90. The van der Waals surface area contributed by atoms with Gasteiger partial charge in [-0.05, 0) is 25.2 Å². The fourth-order valence-corrected chi connectivity index (χ4v) is 2.12. The zero-order valence-corrected chi connectivity index (χ0v) is 12.7. The van der Waals surface area contributed by atoms with E-state index in [-0.39, 0.29) is 12.1 Å². The summed E-state index contributed by atoms with van der Waals surface area (Å²) >= 11 is 0.